The van der Waals surface area contributed by atoms with E-state index in [2.05, 4.69) is 25.3 Å². The Morgan fingerprint density at radius 1 is 0.895 bits per heavy atom. The normalized spacial score (nSPS) is 15.5. The molecule has 0 aliphatic heterocycles. The third kappa shape index (κ3) is 6.49. The highest BCUT2D eigenvalue weighted by Gasteiger charge is 2.49. The second kappa shape index (κ2) is 10.6. The lowest BCUT2D eigenvalue weighted by atomic mass is 10.6. The van der Waals surface area contributed by atoms with Crippen molar-refractivity contribution < 1.29 is 22.5 Å². The molecule has 0 fully saturated rings. The summed E-state index contributed by atoms with van der Waals surface area (Å²) in [5, 5.41) is 9.67. The molecule has 1 unspecified atom stereocenters. The lowest BCUT2D eigenvalue weighted by Gasteiger charge is -2.36. The molecule has 1 atom stereocenters. The summed E-state index contributed by atoms with van der Waals surface area (Å²) in [5.74, 6) is 1.47. The van der Waals surface area contributed by atoms with Crippen LogP contribution in [0.4, 0.5) is 0 Å². The van der Waals surface area contributed by atoms with Crippen LogP contribution in [0.2, 0.25) is 12.1 Å². The first kappa shape index (κ1) is 19.9. The summed E-state index contributed by atoms with van der Waals surface area (Å²) in [4.78, 5) is 0. The van der Waals surface area contributed by atoms with Crippen LogP contribution in [0, 0.1) is 0 Å². The van der Waals surface area contributed by atoms with E-state index >= 15 is 0 Å². The monoisotopic (exact) mass is 346 g/mol. The summed E-state index contributed by atoms with van der Waals surface area (Å²) in [5.41, 5.74) is 0. The highest BCUT2D eigenvalue weighted by atomic mass is 32.1. The van der Waals surface area contributed by atoms with Crippen molar-refractivity contribution >= 4 is 42.6 Å². The highest BCUT2D eigenvalue weighted by Crippen LogP contribution is 2.25. The molecule has 0 saturated carbocycles. The number of hydrogen-bond donors (Lipinski definition) is 3. The van der Waals surface area contributed by atoms with E-state index in [1.54, 1.807) is 21.3 Å². The Balaban J connectivity index is 4.90. The van der Waals surface area contributed by atoms with Crippen molar-refractivity contribution in [3.63, 3.8) is 0 Å². The number of aliphatic hydroxyl groups is 1. The highest BCUT2D eigenvalue weighted by molar-refractivity contribution is 7.80. The van der Waals surface area contributed by atoms with Gasteiger partial charge in [0.25, 0.3) is 0 Å². The molecule has 1 N–H and O–H groups in total. The van der Waals surface area contributed by atoms with E-state index in [-0.39, 0.29) is 6.23 Å². The van der Waals surface area contributed by atoms with Crippen LogP contribution < -0.4 is 0 Å². The zero-order chi connectivity index (χ0) is 14.8. The average molecular weight is 347 g/mol. The van der Waals surface area contributed by atoms with Crippen LogP contribution in [0.1, 0.15) is 12.8 Å². The maximum Gasteiger partial charge on any atom is 0.491 e. The van der Waals surface area contributed by atoms with Crippen molar-refractivity contribution in [2.24, 2.45) is 0 Å². The first-order valence-corrected chi connectivity index (χ1v) is 11.7. The SMILES string of the molecule is CO[Si](CO)(CCCS)O[Si](CCCS)(OC)OC. The van der Waals surface area contributed by atoms with Crippen molar-refractivity contribution in [3.8, 4) is 0 Å². The van der Waals surface area contributed by atoms with E-state index in [1.807, 2.05) is 0 Å². The van der Waals surface area contributed by atoms with Gasteiger partial charge in [-0.2, -0.15) is 25.3 Å². The van der Waals surface area contributed by atoms with Gasteiger partial charge in [-0.1, -0.05) is 0 Å². The van der Waals surface area contributed by atoms with Crippen molar-refractivity contribution in [2.75, 3.05) is 39.1 Å². The Bertz CT molecular complexity index is 206. The summed E-state index contributed by atoms with van der Waals surface area (Å²) in [7, 11) is -0.749. The van der Waals surface area contributed by atoms with Gasteiger partial charge in [0.1, 0.15) is 0 Å². The van der Waals surface area contributed by atoms with E-state index in [4.69, 9.17) is 17.4 Å². The molecular formula is C10H26O5S2Si2. The third-order valence-corrected chi connectivity index (χ3v) is 10.8. The van der Waals surface area contributed by atoms with Gasteiger partial charge in [-0.05, 0) is 30.4 Å². The molecule has 0 aromatic carbocycles. The fourth-order valence-corrected chi connectivity index (χ4v) is 9.36. The van der Waals surface area contributed by atoms with Crippen LogP contribution in [0.3, 0.4) is 0 Å². The minimum absolute atomic E-state index is 0.111. The molecule has 0 aromatic rings. The van der Waals surface area contributed by atoms with Crippen molar-refractivity contribution in [2.45, 2.75) is 24.9 Å². The summed E-state index contributed by atoms with van der Waals surface area (Å²) < 4.78 is 22.7. The Kier molecular flexibility index (Phi) is 11.2. The topological polar surface area (TPSA) is 57.2 Å². The van der Waals surface area contributed by atoms with Gasteiger partial charge >= 0.3 is 17.4 Å². The Morgan fingerprint density at radius 2 is 1.42 bits per heavy atom. The molecule has 0 aliphatic rings. The third-order valence-electron chi connectivity index (χ3n) is 2.93. The van der Waals surface area contributed by atoms with E-state index in [0.717, 1.165) is 24.3 Å². The van der Waals surface area contributed by atoms with Crippen LogP contribution in [0.25, 0.3) is 0 Å². The van der Waals surface area contributed by atoms with Crippen LogP contribution in [-0.4, -0.2) is 61.5 Å². The molecule has 0 saturated heterocycles. The fourth-order valence-electron chi connectivity index (χ4n) is 1.72. The molecule has 19 heavy (non-hydrogen) atoms. The molecule has 0 heterocycles. The van der Waals surface area contributed by atoms with E-state index in [0.29, 0.717) is 12.1 Å². The van der Waals surface area contributed by atoms with Crippen LogP contribution >= 0.6 is 25.3 Å². The maximum atomic E-state index is 9.67. The Morgan fingerprint density at radius 3 is 1.79 bits per heavy atom. The summed E-state index contributed by atoms with van der Waals surface area (Å²) >= 11 is 8.39. The molecule has 0 spiro atoms. The van der Waals surface area contributed by atoms with Crippen LogP contribution in [0.5, 0.6) is 0 Å². The molecule has 9 heteroatoms. The number of hydrogen-bond acceptors (Lipinski definition) is 7. The number of thiol groups is 2. The molecule has 0 rings (SSSR count). The Hall–Kier alpha value is 0.934. The summed E-state index contributed by atoms with van der Waals surface area (Å²) in [6.07, 6.45) is 1.55. The summed E-state index contributed by atoms with van der Waals surface area (Å²) in [6.45, 7) is 0. The molecule has 5 nitrogen and oxygen atoms in total. The molecule has 0 bridgehead atoms. The van der Waals surface area contributed by atoms with Crippen LogP contribution in [0.15, 0.2) is 0 Å². The number of rotatable bonds is 12. The zero-order valence-corrected chi connectivity index (χ0v) is 15.7. The van der Waals surface area contributed by atoms with Crippen molar-refractivity contribution in [3.05, 3.63) is 0 Å². The van der Waals surface area contributed by atoms with Gasteiger partial charge in [-0.25, -0.2) is 0 Å². The molecule has 0 amide bonds. The smallest absolute Gasteiger partial charge is 0.397 e. The largest absolute Gasteiger partial charge is 0.491 e. The predicted octanol–water partition coefficient (Wildman–Crippen LogP) is 1.49. The van der Waals surface area contributed by atoms with Crippen LogP contribution in [-0.2, 0) is 17.4 Å². The first-order chi connectivity index (χ1) is 9.07. The van der Waals surface area contributed by atoms with Gasteiger partial charge in [0.15, 0.2) is 0 Å². The molecule has 0 aromatic heterocycles. The second-order valence-electron chi connectivity index (χ2n) is 4.12. The average Bonchev–Trinajstić information content (AvgIpc) is 2.48. The molecule has 116 valence electrons. The molecular weight excluding hydrogens is 320 g/mol. The van der Waals surface area contributed by atoms with Crippen molar-refractivity contribution in [1.82, 2.24) is 0 Å². The number of aliphatic hydroxyl groups excluding tert-OH is 1. The first-order valence-electron chi connectivity index (χ1n) is 6.25. The Labute approximate surface area is 129 Å². The zero-order valence-electron chi connectivity index (χ0n) is 11.9. The van der Waals surface area contributed by atoms with Crippen molar-refractivity contribution in [1.29, 1.82) is 0 Å². The fraction of sp³-hybridized carbons (Fsp3) is 1.00. The van der Waals surface area contributed by atoms with Gasteiger partial charge in [0, 0.05) is 27.4 Å². The predicted molar refractivity (Wildman–Crippen MR) is 87.3 cm³/mol. The van der Waals surface area contributed by atoms with Gasteiger partial charge in [0.05, 0.1) is 6.23 Å². The van der Waals surface area contributed by atoms with E-state index in [1.165, 1.54) is 0 Å². The lowest BCUT2D eigenvalue weighted by molar-refractivity contribution is 0.123. The standard InChI is InChI=1S/C10H26O5S2Si2/c1-12-18(10-11,8-4-6-16)15-19(13-2,14-3)9-5-7-17/h11,16-17H,4-10H2,1-3H3. The molecule has 0 aliphatic carbocycles. The van der Waals surface area contributed by atoms with Gasteiger partial charge < -0.3 is 22.5 Å². The van der Waals surface area contributed by atoms with E-state index in [9.17, 15) is 5.11 Å². The summed E-state index contributed by atoms with van der Waals surface area (Å²) in [6, 6.07) is 1.34. The van der Waals surface area contributed by atoms with Gasteiger partial charge in [0.2, 0.25) is 0 Å². The maximum absolute atomic E-state index is 9.67. The van der Waals surface area contributed by atoms with Gasteiger partial charge in [-0.15, -0.1) is 0 Å². The molecule has 0 radical (unpaired) electrons. The minimum atomic E-state index is -2.79. The second-order valence-corrected chi connectivity index (χ2v) is 11.6. The lowest BCUT2D eigenvalue weighted by Crippen LogP contribution is -2.58. The quantitative estimate of drug-likeness (QED) is 0.369. The van der Waals surface area contributed by atoms with E-state index < -0.39 is 17.4 Å². The minimum Gasteiger partial charge on any atom is -0.397 e. The van der Waals surface area contributed by atoms with Gasteiger partial charge in [-0.3, -0.25) is 0 Å².